The maximum absolute atomic E-state index is 6.25. The smallest absolute Gasteiger partial charge is 0 e. The van der Waals surface area contributed by atoms with Gasteiger partial charge < -0.3 is 11.8 Å². The predicted octanol–water partition coefficient (Wildman–Crippen LogP) is -1.09. The zero-order valence-electron chi connectivity index (χ0n) is 2.30. The number of hydrogen-bond acceptors (Lipinski definition) is 1. The molecule has 0 rings (SSSR count). The van der Waals surface area contributed by atoms with Gasteiger partial charge in [0.25, 0.3) is 0 Å². The SMILES string of the molecule is [C-]#N.[Fe].[SiH3]. The summed E-state index contributed by atoms with van der Waals surface area (Å²) in [7, 11) is 0. The van der Waals surface area contributed by atoms with Crippen LogP contribution < -0.4 is 0 Å². The van der Waals surface area contributed by atoms with Gasteiger partial charge in [0.1, 0.15) is 0 Å². The molecule has 0 unspecified atom stereocenters. The van der Waals surface area contributed by atoms with Crippen molar-refractivity contribution in [3.63, 3.8) is 0 Å². The minimum Gasteiger partial charge on any atom is -0.512 e. The third-order valence-electron chi connectivity index (χ3n) is 0. The Balaban J connectivity index is -0.00000000500. The second kappa shape index (κ2) is 312. The molecule has 4 heavy (non-hydrogen) atoms. The van der Waals surface area contributed by atoms with Gasteiger partial charge in [0, 0.05) is 17.1 Å². The zero-order chi connectivity index (χ0) is 2.00. The molecule has 0 spiro atoms. The summed E-state index contributed by atoms with van der Waals surface area (Å²) in [5.74, 6) is 0. The molecule has 0 aromatic rings. The van der Waals surface area contributed by atoms with E-state index in [9.17, 15) is 0 Å². The minimum atomic E-state index is 0. The van der Waals surface area contributed by atoms with E-state index in [1.165, 1.54) is 0 Å². The number of hydrogen-bond donors (Lipinski definition) is 0. The molecule has 1 radical (unpaired) electrons. The Hall–Kier alpha value is 0.226. The molecule has 1 nitrogen and oxygen atoms in total. The van der Waals surface area contributed by atoms with Gasteiger partial charge in [-0.15, -0.1) is 0 Å². The minimum absolute atomic E-state index is 0. The predicted molar refractivity (Wildman–Crippen MR) is 14.9 cm³/mol. The van der Waals surface area contributed by atoms with E-state index >= 15 is 0 Å². The van der Waals surface area contributed by atoms with Crippen LogP contribution in [0.1, 0.15) is 0 Å². The van der Waals surface area contributed by atoms with Crippen molar-refractivity contribution < 1.29 is 17.1 Å². The molecule has 0 bridgehead atoms. The Labute approximate surface area is 40.5 Å². The molecule has 0 fully saturated rings. The molecule has 0 aliphatic carbocycles. The van der Waals surface area contributed by atoms with Crippen LogP contribution in [0.15, 0.2) is 0 Å². The summed E-state index contributed by atoms with van der Waals surface area (Å²) in [6.07, 6.45) is 0. The van der Waals surface area contributed by atoms with Gasteiger partial charge >= 0.3 is 0 Å². The molecule has 0 atom stereocenters. The van der Waals surface area contributed by atoms with Gasteiger partial charge in [-0.2, -0.15) is 0 Å². The first-order valence-corrected chi connectivity index (χ1v) is 0.224. The summed E-state index contributed by atoms with van der Waals surface area (Å²) >= 11 is 0. The van der Waals surface area contributed by atoms with E-state index in [0.29, 0.717) is 0 Å². The van der Waals surface area contributed by atoms with Crippen LogP contribution in [0, 0.1) is 11.8 Å². The third-order valence-corrected chi connectivity index (χ3v) is 0. The summed E-state index contributed by atoms with van der Waals surface area (Å²) < 4.78 is 0. The van der Waals surface area contributed by atoms with Gasteiger partial charge in [0.05, 0.1) is 0 Å². The average molecular weight is 113 g/mol. The van der Waals surface area contributed by atoms with Gasteiger partial charge in [-0.25, -0.2) is 0 Å². The fraction of sp³-hybridized carbons (Fsp3) is 0. The molecule has 0 N–H and O–H groups in total. The summed E-state index contributed by atoms with van der Waals surface area (Å²) in [6.45, 7) is 4.75. The topological polar surface area (TPSA) is 23.8 Å². The van der Waals surface area contributed by atoms with Crippen LogP contribution in [0.25, 0.3) is 0 Å². The summed E-state index contributed by atoms with van der Waals surface area (Å²) in [4.78, 5) is 0. The monoisotopic (exact) mass is 113 g/mol. The first-order valence-electron chi connectivity index (χ1n) is 0.224. The first-order chi connectivity index (χ1) is 1.00. The van der Waals surface area contributed by atoms with Crippen molar-refractivity contribution in [2.24, 2.45) is 0 Å². The van der Waals surface area contributed by atoms with Gasteiger partial charge in [-0.3, -0.25) is 0 Å². The standard InChI is InChI=1S/CN.Fe.H3Si/c1-2;;/h;;1H3/q-1;;. The molecule has 0 saturated heterocycles. The van der Waals surface area contributed by atoms with Crippen molar-refractivity contribution in [3.8, 4) is 0 Å². The quantitative estimate of drug-likeness (QED) is 0.289. The van der Waals surface area contributed by atoms with E-state index in [0.717, 1.165) is 0 Å². The molecule has 0 amide bonds. The zero-order valence-corrected chi connectivity index (χ0v) is 5.40. The molecule has 3 heteroatoms. The van der Waals surface area contributed by atoms with E-state index in [2.05, 4.69) is 0 Å². The molecule has 0 aliphatic heterocycles. The Morgan fingerprint density at radius 2 is 1.25 bits per heavy atom. The second-order valence-corrected chi connectivity index (χ2v) is 0. The molecular weight excluding hydrogens is 110 g/mol. The molecule has 0 aromatic carbocycles. The molecule has 0 aliphatic rings. The van der Waals surface area contributed by atoms with Crippen LogP contribution in [0.2, 0.25) is 0 Å². The van der Waals surface area contributed by atoms with Crippen LogP contribution in [-0.2, 0) is 17.1 Å². The van der Waals surface area contributed by atoms with E-state index < -0.39 is 0 Å². The maximum atomic E-state index is 6.25. The van der Waals surface area contributed by atoms with Crippen LogP contribution >= 0.6 is 0 Å². The average Bonchev–Trinajstić information content (AvgIpc) is 1.00. The Kier molecular flexibility index (Phi) is 2280. The normalized spacial score (nSPS) is 0.500. The molecule has 25 valence electrons. The molecular formula is CH3FeNSi-. The molecule has 0 saturated carbocycles. The summed E-state index contributed by atoms with van der Waals surface area (Å²) in [5.41, 5.74) is 0. The fourth-order valence-corrected chi connectivity index (χ4v) is 0. The second-order valence-electron chi connectivity index (χ2n) is 0. The van der Waals surface area contributed by atoms with Crippen molar-refractivity contribution in [2.45, 2.75) is 0 Å². The van der Waals surface area contributed by atoms with Crippen molar-refractivity contribution in [3.05, 3.63) is 6.57 Å². The fourth-order valence-electron chi connectivity index (χ4n) is 0. The summed E-state index contributed by atoms with van der Waals surface area (Å²) in [6, 6.07) is 0. The van der Waals surface area contributed by atoms with E-state index in [1.54, 1.807) is 0 Å². The largest absolute Gasteiger partial charge is 0.512 e. The summed E-state index contributed by atoms with van der Waals surface area (Å²) in [5, 5.41) is 6.25. The van der Waals surface area contributed by atoms with Gasteiger partial charge in [0.2, 0.25) is 0 Å². The van der Waals surface area contributed by atoms with Gasteiger partial charge in [-0.1, -0.05) is 0 Å². The maximum Gasteiger partial charge on any atom is 0 e. The van der Waals surface area contributed by atoms with Crippen LogP contribution in [0.5, 0.6) is 0 Å². The van der Waals surface area contributed by atoms with Crippen LogP contribution in [0.3, 0.4) is 0 Å². The Morgan fingerprint density at radius 3 is 1.25 bits per heavy atom. The number of rotatable bonds is 0. The van der Waals surface area contributed by atoms with Crippen LogP contribution in [0.4, 0.5) is 0 Å². The molecule has 0 aromatic heterocycles. The number of nitrogens with zero attached hydrogens (tertiary/aromatic N) is 1. The first kappa shape index (κ1) is 29.3. The van der Waals surface area contributed by atoms with Gasteiger partial charge in [0.15, 0.2) is 0 Å². The van der Waals surface area contributed by atoms with Crippen molar-refractivity contribution >= 4 is 11.0 Å². The van der Waals surface area contributed by atoms with E-state index in [-0.39, 0.29) is 28.0 Å². The van der Waals surface area contributed by atoms with Crippen molar-refractivity contribution in [1.29, 1.82) is 5.26 Å². The van der Waals surface area contributed by atoms with Crippen LogP contribution in [-0.4, -0.2) is 11.0 Å². The van der Waals surface area contributed by atoms with Gasteiger partial charge in [-0.05, 0) is 11.0 Å². The third kappa shape index (κ3) is 65.3. The van der Waals surface area contributed by atoms with Crippen molar-refractivity contribution in [1.82, 2.24) is 0 Å². The van der Waals surface area contributed by atoms with E-state index in [4.69, 9.17) is 11.8 Å². The molecule has 0 heterocycles. The Morgan fingerprint density at radius 1 is 1.25 bits per heavy atom. The Bertz CT molecular complexity index is 12.8. The van der Waals surface area contributed by atoms with E-state index in [1.807, 2.05) is 0 Å². The van der Waals surface area contributed by atoms with Crippen molar-refractivity contribution in [2.75, 3.05) is 0 Å².